The average molecular weight is 471 g/mol. The summed E-state index contributed by atoms with van der Waals surface area (Å²) in [5, 5.41) is 9.68. The van der Waals surface area contributed by atoms with Crippen LogP contribution in [-0.2, 0) is 9.53 Å². The number of carboxylic acids is 1. The minimum Gasteiger partial charge on any atom is -0.494 e. The molecule has 0 saturated carbocycles. The second kappa shape index (κ2) is 17.0. The Morgan fingerprint density at radius 2 is 1.47 bits per heavy atom. The zero-order valence-electron chi connectivity index (χ0n) is 21.0. The van der Waals surface area contributed by atoms with Gasteiger partial charge in [-0.2, -0.15) is 0 Å². The molecule has 1 aromatic carbocycles. The first kappa shape index (κ1) is 27.8. The molecule has 34 heavy (non-hydrogen) atoms. The smallest absolute Gasteiger partial charge is 0.311 e. The van der Waals surface area contributed by atoms with Crippen LogP contribution in [0.3, 0.4) is 0 Å². The number of aliphatic carboxylic acids is 1. The number of rotatable bonds is 19. The summed E-state index contributed by atoms with van der Waals surface area (Å²) in [6, 6.07) is 7.70. The van der Waals surface area contributed by atoms with Gasteiger partial charge in [-0.05, 0) is 49.9 Å². The zero-order chi connectivity index (χ0) is 24.4. The van der Waals surface area contributed by atoms with Gasteiger partial charge < -0.3 is 14.6 Å². The molecular formula is C28H42N2O4. The molecule has 6 heteroatoms. The van der Waals surface area contributed by atoms with E-state index in [1.807, 2.05) is 24.3 Å². The summed E-state index contributed by atoms with van der Waals surface area (Å²) in [5.41, 5.74) is 1.55. The fourth-order valence-corrected chi connectivity index (χ4v) is 3.85. The van der Waals surface area contributed by atoms with Crippen LogP contribution in [0.1, 0.15) is 96.0 Å². The molecule has 1 aromatic heterocycles. The topological polar surface area (TPSA) is 81.5 Å². The van der Waals surface area contributed by atoms with Crippen molar-refractivity contribution in [3.63, 3.8) is 0 Å². The number of aromatic nitrogens is 2. The van der Waals surface area contributed by atoms with E-state index in [0.29, 0.717) is 24.4 Å². The van der Waals surface area contributed by atoms with Crippen LogP contribution in [0.4, 0.5) is 0 Å². The highest BCUT2D eigenvalue weighted by Gasteiger charge is 2.20. The minimum absolute atomic E-state index is 0.548. The summed E-state index contributed by atoms with van der Waals surface area (Å²) in [6.45, 7) is 6.59. The largest absolute Gasteiger partial charge is 0.494 e. The van der Waals surface area contributed by atoms with Crippen LogP contribution < -0.4 is 4.74 Å². The summed E-state index contributed by atoms with van der Waals surface area (Å²) < 4.78 is 11.3. The molecule has 0 aliphatic heterocycles. The van der Waals surface area contributed by atoms with Crippen molar-refractivity contribution in [2.24, 2.45) is 0 Å². The molecule has 1 unspecified atom stereocenters. The van der Waals surface area contributed by atoms with Crippen molar-refractivity contribution in [3.8, 4) is 17.1 Å². The van der Waals surface area contributed by atoms with Crippen molar-refractivity contribution >= 4 is 5.97 Å². The van der Waals surface area contributed by atoms with Crippen LogP contribution in [0.15, 0.2) is 36.7 Å². The quantitative estimate of drug-likeness (QED) is 0.222. The summed E-state index contributed by atoms with van der Waals surface area (Å²) >= 11 is 0. The van der Waals surface area contributed by atoms with Crippen molar-refractivity contribution in [1.82, 2.24) is 9.97 Å². The van der Waals surface area contributed by atoms with Gasteiger partial charge in [0.25, 0.3) is 0 Å². The molecule has 0 radical (unpaired) electrons. The second-order valence-electron chi connectivity index (χ2n) is 8.83. The SMILES string of the molecule is CCCCCCCCCC(C(=O)O)c1cnc(-c2ccc(OCCCCOCCC)cc2)nc1. The van der Waals surface area contributed by atoms with Gasteiger partial charge in [-0.15, -0.1) is 0 Å². The van der Waals surface area contributed by atoms with Gasteiger partial charge in [0.05, 0.1) is 12.5 Å². The Morgan fingerprint density at radius 3 is 2.12 bits per heavy atom. The third kappa shape index (κ3) is 10.6. The van der Waals surface area contributed by atoms with Crippen LogP contribution in [-0.4, -0.2) is 40.9 Å². The maximum Gasteiger partial charge on any atom is 0.311 e. The minimum atomic E-state index is -0.805. The highest BCUT2D eigenvalue weighted by atomic mass is 16.5. The molecular weight excluding hydrogens is 428 g/mol. The van der Waals surface area contributed by atoms with Gasteiger partial charge in [0.15, 0.2) is 5.82 Å². The summed E-state index contributed by atoms with van der Waals surface area (Å²) in [5.74, 6) is 0.0486. The number of nitrogens with zero attached hydrogens (tertiary/aromatic N) is 2. The third-order valence-corrected chi connectivity index (χ3v) is 5.88. The Balaban J connectivity index is 1.79. The van der Waals surface area contributed by atoms with Gasteiger partial charge in [-0.3, -0.25) is 4.79 Å². The lowest BCUT2D eigenvalue weighted by Gasteiger charge is -2.12. The van der Waals surface area contributed by atoms with E-state index in [-0.39, 0.29) is 0 Å². The molecule has 1 atom stereocenters. The van der Waals surface area contributed by atoms with Crippen molar-refractivity contribution in [3.05, 3.63) is 42.2 Å². The van der Waals surface area contributed by atoms with E-state index in [2.05, 4.69) is 23.8 Å². The van der Waals surface area contributed by atoms with E-state index in [9.17, 15) is 9.90 Å². The van der Waals surface area contributed by atoms with Crippen LogP contribution in [0.5, 0.6) is 5.75 Å². The number of hydrogen-bond donors (Lipinski definition) is 1. The Labute approximate surface area is 205 Å². The average Bonchev–Trinajstić information content (AvgIpc) is 2.85. The molecule has 1 N–H and O–H groups in total. The van der Waals surface area contributed by atoms with E-state index in [1.165, 1.54) is 32.1 Å². The number of hydrogen-bond acceptors (Lipinski definition) is 5. The Bertz CT molecular complexity index is 793. The zero-order valence-corrected chi connectivity index (χ0v) is 21.0. The first-order chi connectivity index (χ1) is 16.7. The molecule has 0 spiro atoms. The van der Waals surface area contributed by atoms with Gasteiger partial charge in [0.2, 0.25) is 0 Å². The highest BCUT2D eigenvalue weighted by Crippen LogP contribution is 2.25. The van der Waals surface area contributed by atoms with E-state index in [1.54, 1.807) is 12.4 Å². The summed E-state index contributed by atoms with van der Waals surface area (Å²) in [6.07, 6.45) is 15.2. The van der Waals surface area contributed by atoms with Gasteiger partial charge in [-0.1, -0.05) is 58.8 Å². The Morgan fingerprint density at radius 1 is 0.824 bits per heavy atom. The lowest BCUT2D eigenvalue weighted by Crippen LogP contribution is -2.12. The first-order valence-corrected chi connectivity index (χ1v) is 13.0. The maximum absolute atomic E-state index is 11.8. The molecule has 0 fully saturated rings. The summed E-state index contributed by atoms with van der Waals surface area (Å²) in [7, 11) is 0. The van der Waals surface area contributed by atoms with Crippen molar-refractivity contribution < 1.29 is 19.4 Å². The first-order valence-electron chi connectivity index (χ1n) is 13.0. The van der Waals surface area contributed by atoms with Crippen LogP contribution >= 0.6 is 0 Å². The molecule has 2 rings (SSSR count). The molecule has 188 valence electrons. The van der Waals surface area contributed by atoms with Crippen LogP contribution in [0.2, 0.25) is 0 Å². The number of unbranched alkanes of at least 4 members (excludes halogenated alkanes) is 7. The van der Waals surface area contributed by atoms with Gasteiger partial charge in [-0.25, -0.2) is 9.97 Å². The van der Waals surface area contributed by atoms with Gasteiger partial charge >= 0.3 is 5.97 Å². The predicted octanol–water partition coefficient (Wildman–Crippen LogP) is 7.04. The molecule has 0 amide bonds. The normalized spacial score (nSPS) is 11.9. The van der Waals surface area contributed by atoms with Crippen molar-refractivity contribution in [1.29, 1.82) is 0 Å². The maximum atomic E-state index is 11.8. The molecule has 2 aromatic rings. The highest BCUT2D eigenvalue weighted by molar-refractivity contribution is 5.75. The fraction of sp³-hybridized carbons (Fsp3) is 0.607. The number of ether oxygens (including phenoxy) is 2. The molecule has 0 saturated heterocycles. The van der Waals surface area contributed by atoms with Crippen molar-refractivity contribution in [2.45, 2.75) is 90.4 Å². The van der Waals surface area contributed by atoms with Crippen LogP contribution in [0.25, 0.3) is 11.4 Å². The Kier molecular flexibility index (Phi) is 13.9. The molecule has 0 aliphatic rings. The predicted molar refractivity (Wildman–Crippen MR) is 136 cm³/mol. The van der Waals surface area contributed by atoms with E-state index in [4.69, 9.17) is 9.47 Å². The standard InChI is InChI=1S/C28H42N2O4/c1-3-5-6-7-8-9-10-13-26(28(31)32)24-21-29-27(30-22-24)23-14-16-25(17-15-23)34-20-12-11-19-33-18-4-2/h14-17,21-22,26H,3-13,18-20H2,1-2H3,(H,31,32). The Hall–Kier alpha value is -2.47. The lowest BCUT2D eigenvalue weighted by molar-refractivity contribution is -0.139. The monoisotopic (exact) mass is 470 g/mol. The second-order valence-corrected chi connectivity index (χ2v) is 8.83. The van der Waals surface area contributed by atoms with Crippen LogP contribution in [0, 0.1) is 0 Å². The molecule has 1 heterocycles. The van der Waals surface area contributed by atoms with Crippen molar-refractivity contribution in [2.75, 3.05) is 19.8 Å². The molecule has 0 bridgehead atoms. The van der Waals surface area contributed by atoms with E-state index < -0.39 is 11.9 Å². The number of benzene rings is 1. The number of carboxylic acid groups (broad SMARTS) is 1. The fourth-order valence-electron chi connectivity index (χ4n) is 3.85. The van der Waals surface area contributed by atoms with Gasteiger partial charge in [0.1, 0.15) is 5.75 Å². The number of carbonyl (C=O) groups is 1. The van der Waals surface area contributed by atoms with E-state index >= 15 is 0 Å². The van der Waals surface area contributed by atoms with E-state index in [0.717, 1.165) is 56.6 Å². The molecule has 6 nitrogen and oxygen atoms in total. The van der Waals surface area contributed by atoms with Gasteiger partial charge in [0, 0.05) is 36.7 Å². The third-order valence-electron chi connectivity index (χ3n) is 5.88. The molecule has 0 aliphatic carbocycles. The lowest BCUT2D eigenvalue weighted by atomic mass is 9.95. The summed E-state index contributed by atoms with van der Waals surface area (Å²) in [4.78, 5) is 20.7.